The van der Waals surface area contributed by atoms with Crippen LogP contribution in [-0.2, 0) is 4.79 Å². The highest BCUT2D eigenvalue weighted by Gasteiger charge is 2.41. The van der Waals surface area contributed by atoms with Crippen molar-refractivity contribution in [2.75, 3.05) is 5.32 Å². The average molecular weight is 378 g/mol. The van der Waals surface area contributed by atoms with E-state index in [1.54, 1.807) is 23.5 Å². The summed E-state index contributed by atoms with van der Waals surface area (Å²) in [7, 11) is 0. The van der Waals surface area contributed by atoms with Crippen molar-refractivity contribution in [1.29, 1.82) is 0 Å². The lowest BCUT2D eigenvalue weighted by Gasteiger charge is -2.34. The van der Waals surface area contributed by atoms with Crippen molar-refractivity contribution in [2.24, 2.45) is 0 Å². The lowest BCUT2D eigenvalue weighted by molar-refractivity contribution is -0.116. The highest BCUT2D eigenvalue weighted by Crippen LogP contribution is 2.50. The van der Waals surface area contributed by atoms with Gasteiger partial charge in [0.2, 0.25) is 5.88 Å². The number of anilines is 1. The van der Waals surface area contributed by atoms with E-state index in [4.69, 9.17) is 4.52 Å². The van der Waals surface area contributed by atoms with Crippen LogP contribution in [0.3, 0.4) is 0 Å². The summed E-state index contributed by atoms with van der Waals surface area (Å²) in [6.07, 6.45) is 1.04. The molecule has 0 amide bonds. The van der Waals surface area contributed by atoms with Crippen LogP contribution in [0.1, 0.15) is 46.4 Å². The number of carbonyl (C=O) groups is 1. The zero-order valence-corrected chi connectivity index (χ0v) is 15.5. The fourth-order valence-corrected chi connectivity index (χ4v) is 5.11. The van der Waals surface area contributed by atoms with E-state index in [0.29, 0.717) is 18.7 Å². The van der Waals surface area contributed by atoms with Gasteiger partial charge in [-0.25, -0.2) is 0 Å². The van der Waals surface area contributed by atoms with Gasteiger partial charge in [-0.15, -0.1) is 11.3 Å². The molecule has 1 aliphatic heterocycles. The number of benzene rings is 1. The van der Waals surface area contributed by atoms with Gasteiger partial charge in [-0.05, 0) is 36.4 Å². The van der Waals surface area contributed by atoms with Gasteiger partial charge in [-0.1, -0.05) is 29.4 Å². The molecule has 5 rings (SSSR count). The van der Waals surface area contributed by atoms with Crippen LogP contribution in [0.4, 0.5) is 5.88 Å². The molecule has 1 aromatic carbocycles. The van der Waals surface area contributed by atoms with Crippen molar-refractivity contribution in [2.45, 2.75) is 31.6 Å². The molecule has 0 saturated heterocycles. The summed E-state index contributed by atoms with van der Waals surface area (Å²) >= 11 is 1.64. The van der Waals surface area contributed by atoms with E-state index in [2.05, 4.69) is 16.5 Å². The molecule has 0 unspecified atom stereocenters. The quantitative estimate of drug-likeness (QED) is 0.675. The minimum atomic E-state index is -0.139. The molecule has 1 aliphatic carbocycles. The summed E-state index contributed by atoms with van der Waals surface area (Å²) in [6, 6.07) is 11.3. The van der Waals surface area contributed by atoms with Gasteiger partial charge in [-0.3, -0.25) is 4.79 Å². The molecule has 27 heavy (non-hydrogen) atoms. The lowest BCUT2D eigenvalue weighted by Crippen LogP contribution is -2.29. The molecule has 2 N–H and O–H groups in total. The SMILES string of the molecule is Cc1noc2c1[C@@H](c1cccs1)C1=C(C[C@@H](c3ccccc3O)CC1=O)N2. The fraction of sp³-hybridized carbons (Fsp3) is 0.238. The number of aromatic nitrogens is 1. The van der Waals surface area contributed by atoms with E-state index in [9.17, 15) is 9.90 Å². The van der Waals surface area contributed by atoms with Crippen LogP contribution in [-0.4, -0.2) is 16.0 Å². The molecule has 2 aliphatic rings. The van der Waals surface area contributed by atoms with Crippen LogP contribution in [0.15, 0.2) is 57.6 Å². The largest absolute Gasteiger partial charge is 0.508 e. The van der Waals surface area contributed by atoms with E-state index >= 15 is 0 Å². The van der Waals surface area contributed by atoms with E-state index in [-0.39, 0.29) is 23.4 Å². The summed E-state index contributed by atoms with van der Waals surface area (Å²) in [6.45, 7) is 1.91. The standard InChI is InChI=1S/C21H18N2O3S/c1-11-18-20(17-7-4-8-27-17)19-14(22-21(18)26-23-11)9-12(10-16(19)25)13-5-2-3-6-15(13)24/h2-8,12,20,22,24H,9-10H2,1H3/t12-,20-/m1/s1. The third kappa shape index (κ3) is 2.51. The van der Waals surface area contributed by atoms with E-state index < -0.39 is 0 Å². The fourth-order valence-electron chi connectivity index (χ4n) is 4.27. The molecule has 6 heteroatoms. The number of aromatic hydroxyl groups is 1. The van der Waals surface area contributed by atoms with Gasteiger partial charge in [-0.2, -0.15) is 0 Å². The van der Waals surface area contributed by atoms with Crippen molar-refractivity contribution in [3.63, 3.8) is 0 Å². The maximum absolute atomic E-state index is 13.2. The third-order valence-electron chi connectivity index (χ3n) is 5.46. The van der Waals surface area contributed by atoms with Crippen molar-refractivity contribution < 1.29 is 14.4 Å². The predicted molar refractivity (Wildman–Crippen MR) is 103 cm³/mol. The van der Waals surface area contributed by atoms with Crippen LogP contribution in [0.25, 0.3) is 0 Å². The molecule has 2 aromatic heterocycles. The zero-order valence-electron chi connectivity index (χ0n) is 14.7. The number of nitrogens with zero attached hydrogens (tertiary/aromatic N) is 1. The predicted octanol–water partition coefficient (Wildman–Crippen LogP) is 4.71. The Morgan fingerprint density at radius 3 is 2.85 bits per heavy atom. The highest BCUT2D eigenvalue weighted by molar-refractivity contribution is 7.10. The number of carbonyl (C=O) groups excluding carboxylic acids is 1. The Bertz CT molecular complexity index is 1070. The van der Waals surface area contributed by atoms with Crippen molar-refractivity contribution >= 4 is 23.0 Å². The third-order valence-corrected chi connectivity index (χ3v) is 6.40. The van der Waals surface area contributed by atoms with Gasteiger partial charge in [0, 0.05) is 28.5 Å². The molecule has 0 bridgehead atoms. The number of phenols is 1. The smallest absolute Gasteiger partial charge is 0.233 e. The Morgan fingerprint density at radius 1 is 1.22 bits per heavy atom. The number of Topliss-reactive ketones (excluding diaryl/α,β-unsaturated/α-hetero) is 1. The highest BCUT2D eigenvalue weighted by atomic mass is 32.1. The number of thiophene rings is 1. The Balaban J connectivity index is 1.63. The molecule has 3 aromatic rings. The molecule has 0 saturated carbocycles. The minimum absolute atomic E-state index is 0.0560. The second-order valence-electron chi connectivity index (χ2n) is 7.06. The molecule has 3 heterocycles. The molecule has 5 nitrogen and oxygen atoms in total. The van der Waals surface area contributed by atoms with Crippen molar-refractivity contribution in [1.82, 2.24) is 5.16 Å². The molecule has 2 atom stereocenters. The van der Waals surface area contributed by atoms with Gasteiger partial charge >= 0.3 is 0 Å². The van der Waals surface area contributed by atoms with Crippen molar-refractivity contribution in [3.05, 3.63) is 74.7 Å². The van der Waals surface area contributed by atoms with Gasteiger partial charge in [0.05, 0.1) is 17.2 Å². The lowest BCUT2D eigenvalue weighted by atomic mass is 9.74. The normalized spacial score (nSPS) is 21.6. The Morgan fingerprint density at radius 2 is 2.07 bits per heavy atom. The number of rotatable bonds is 2. The number of ketones is 1. The number of phenolic OH excluding ortho intramolecular Hbond substituents is 1. The van der Waals surface area contributed by atoms with Gasteiger partial charge < -0.3 is 14.9 Å². The first-order chi connectivity index (χ1) is 13.1. The number of nitrogens with one attached hydrogen (secondary N) is 1. The zero-order chi connectivity index (χ0) is 18.5. The average Bonchev–Trinajstić information content (AvgIpc) is 3.31. The first-order valence-electron chi connectivity index (χ1n) is 8.94. The number of hydrogen-bond donors (Lipinski definition) is 2. The number of allylic oxidation sites excluding steroid dienone is 2. The van der Waals surface area contributed by atoms with Crippen LogP contribution in [0, 0.1) is 6.92 Å². The van der Waals surface area contributed by atoms with E-state index in [0.717, 1.165) is 33.0 Å². The molecular weight excluding hydrogens is 360 g/mol. The Labute approximate surface area is 160 Å². The first-order valence-corrected chi connectivity index (χ1v) is 9.82. The summed E-state index contributed by atoms with van der Waals surface area (Å²) < 4.78 is 5.51. The second kappa shape index (κ2) is 6.09. The van der Waals surface area contributed by atoms with E-state index in [1.807, 2.05) is 30.5 Å². The minimum Gasteiger partial charge on any atom is -0.508 e. The van der Waals surface area contributed by atoms with Crippen LogP contribution >= 0.6 is 11.3 Å². The second-order valence-corrected chi connectivity index (χ2v) is 8.04. The van der Waals surface area contributed by atoms with Crippen LogP contribution in [0.5, 0.6) is 5.75 Å². The van der Waals surface area contributed by atoms with Gasteiger partial charge in [0.25, 0.3) is 0 Å². The molecule has 0 radical (unpaired) electrons. The molecule has 136 valence electrons. The van der Waals surface area contributed by atoms with E-state index in [1.165, 1.54) is 0 Å². The summed E-state index contributed by atoms with van der Waals surface area (Å²) in [5, 5.41) is 19.7. The van der Waals surface area contributed by atoms with Crippen LogP contribution in [0.2, 0.25) is 0 Å². The van der Waals surface area contributed by atoms with Crippen LogP contribution < -0.4 is 5.32 Å². The topological polar surface area (TPSA) is 75.4 Å². The van der Waals surface area contributed by atoms with Crippen molar-refractivity contribution in [3.8, 4) is 5.75 Å². The van der Waals surface area contributed by atoms with Gasteiger partial charge in [0.15, 0.2) is 5.78 Å². The molecular formula is C21H18N2O3S. The Kier molecular flexibility index (Phi) is 3.68. The summed E-state index contributed by atoms with van der Waals surface area (Å²) in [4.78, 5) is 14.4. The number of aryl methyl sites for hydroxylation is 1. The monoisotopic (exact) mass is 378 g/mol. The first kappa shape index (κ1) is 16.3. The molecule has 0 fully saturated rings. The maximum Gasteiger partial charge on any atom is 0.233 e. The summed E-state index contributed by atoms with van der Waals surface area (Å²) in [5.41, 5.74) is 4.25. The van der Waals surface area contributed by atoms with Gasteiger partial charge in [0.1, 0.15) is 5.75 Å². The number of para-hydroxylation sites is 1. The maximum atomic E-state index is 13.2. The molecule has 0 spiro atoms. The summed E-state index contributed by atoms with van der Waals surface area (Å²) in [5.74, 6) is 0.776. The number of hydrogen-bond acceptors (Lipinski definition) is 6. The number of fused-ring (bicyclic) bond motifs is 1. The Hall–Kier alpha value is -2.86.